The van der Waals surface area contributed by atoms with Crippen LogP contribution in [-0.4, -0.2) is 10.5 Å². The van der Waals surface area contributed by atoms with Crippen LogP contribution in [0, 0.1) is 6.92 Å². The van der Waals surface area contributed by atoms with Crippen molar-refractivity contribution >= 4 is 28.6 Å². The van der Waals surface area contributed by atoms with Crippen molar-refractivity contribution in [1.29, 1.82) is 0 Å². The van der Waals surface area contributed by atoms with Crippen LogP contribution < -0.4 is 5.32 Å². The number of anilines is 1. The normalized spacial score (nSPS) is 20.4. The maximum Gasteiger partial charge on any atom is 0.124 e. The van der Waals surface area contributed by atoms with Gasteiger partial charge in [0.1, 0.15) is 5.01 Å². The van der Waals surface area contributed by atoms with Gasteiger partial charge in [-0.05, 0) is 50.3 Å². The lowest BCUT2D eigenvalue weighted by Crippen LogP contribution is -2.37. The van der Waals surface area contributed by atoms with E-state index in [-0.39, 0.29) is 5.54 Å². The third-order valence-electron chi connectivity index (χ3n) is 3.93. The van der Waals surface area contributed by atoms with Crippen molar-refractivity contribution in [3.05, 3.63) is 33.8 Å². The van der Waals surface area contributed by atoms with Gasteiger partial charge in [-0.2, -0.15) is 0 Å². The summed E-state index contributed by atoms with van der Waals surface area (Å²) in [6.45, 7) is 8.90. The standard InChI is InChI=1S/C16H19ClN2S/c1-9-7-11(15-18-5-6-20-15)13(17)12-10(2)8-16(3,4)19-14(9)12/h5-7,10,19H,8H2,1-4H3. The van der Waals surface area contributed by atoms with E-state index in [0.29, 0.717) is 5.92 Å². The Balaban J connectivity index is 2.22. The lowest BCUT2D eigenvalue weighted by Gasteiger charge is -2.39. The Labute approximate surface area is 129 Å². The van der Waals surface area contributed by atoms with Gasteiger partial charge in [0, 0.05) is 28.4 Å². The maximum absolute atomic E-state index is 6.70. The van der Waals surface area contributed by atoms with Gasteiger partial charge in [0.05, 0.1) is 5.02 Å². The van der Waals surface area contributed by atoms with E-state index in [0.717, 1.165) is 22.0 Å². The van der Waals surface area contributed by atoms with E-state index in [1.54, 1.807) is 11.3 Å². The Morgan fingerprint density at radius 3 is 2.85 bits per heavy atom. The molecule has 1 aliphatic heterocycles. The number of benzene rings is 1. The number of hydrogen-bond donors (Lipinski definition) is 1. The SMILES string of the molecule is Cc1cc(-c2nccs2)c(Cl)c2c1NC(C)(C)CC2C. The summed E-state index contributed by atoms with van der Waals surface area (Å²) < 4.78 is 0. The summed E-state index contributed by atoms with van der Waals surface area (Å²) in [5.41, 5.74) is 4.87. The monoisotopic (exact) mass is 306 g/mol. The van der Waals surface area contributed by atoms with Crippen molar-refractivity contribution in [1.82, 2.24) is 4.98 Å². The van der Waals surface area contributed by atoms with Crippen LogP contribution in [0.5, 0.6) is 0 Å². The summed E-state index contributed by atoms with van der Waals surface area (Å²) in [5, 5.41) is 7.49. The zero-order valence-corrected chi connectivity index (χ0v) is 13.8. The molecule has 1 aromatic heterocycles. The van der Waals surface area contributed by atoms with Crippen LogP contribution in [0.25, 0.3) is 10.6 Å². The Morgan fingerprint density at radius 1 is 1.45 bits per heavy atom. The highest BCUT2D eigenvalue weighted by Crippen LogP contribution is 2.47. The average molecular weight is 307 g/mol. The maximum atomic E-state index is 6.70. The second kappa shape index (κ2) is 4.74. The molecule has 106 valence electrons. The number of fused-ring (bicyclic) bond motifs is 1. The topological polar surface area (TPSA) is 24.9 Å². The van der Waals surface area contributed by atoms with Crippen molar-refractivity contribution in [3.8, 4) is 10.6 Å². The van der Waals surface area contributed by atoms with Gasteiger partial charge in [0.25, 0.3) is 0 Å². The molecular formula is C16H19ClN2S. The molecule has 0 amide bonds. The largest absolute Gasteiger partial charge is 0.380 e. The zero-order chi connectivity index (χ0) is 14.5. The first-order chi connectivity index (χ1) is 9.39. The van der Waals surface area contributed by atoms with Crippen molar-refractivity contribution in [2.24, 2.45) is 0 Å². The minimum Gasteiger partial charge on any atom is -0.380 e. The van der Waals surface area contributed by atoms with Crippen LogP contribution >= 0.6 is 22.9 Å². The number of nitrogens with zero attached hydrogens (tertiary/aromatic N) is 1. The van der Waals surface area contributed by atoms with Gasteiger partial charge < -0.3 is 5.32 Å². The minimum absolute atomic E-state index is 0.114. The Kier molecular flexibility index (Phi) is 3.30. The van der Waals surface area contributed by atoms with Crippen molar-refractivity contribution in [2.45, 2.75) is 45.6 Å². The van der Waals surface area contributed by atoms with E-state index in [4.69, 9.17) is 11.6 Å². The van der Waals surface area contributed by atoms with Crippen LogP contribution in [0.1, 0.15) is 44.2 Å². The van der Waals surface area contributed by atoms with Crippen LogP contribution in [0.2, 0.25) is 5.02 Å². The number of nitrogens with one attached hydrogen (secondary N) is 1. The number of halogens is 1. The third kappa shape index (κ3) is 2.23. The molecule has 0 radical (unpaired) electrons. The molecule has 2 aromatic rings. The molecule has 0 saturated carbocycles. The van der Waals surface area contributed by atoms with Gasteiger partial charge in [-0.25, -0.2) is 4.98 Å². The Morgan fingerprint density at radius 2 is 2.20 bits per heavy atom. The Hall–Kier alpha value is -1.06. The third-order valence-corrected chi connectivity index (χ3v) is 5.15. The number of hydrogen-bond acceptors (Lipinski definition) is 3. The molecule has 1 aliphatic rings. The molecule has 20 heavy (non-hydrogen) atoms. The smallest absolute Gasteiger partial charge is 0.124 e. The predicted molar refractivity (Wildman–Crippen MR) is 88.0 cm³/mol. The van der Waals surface area contributed by atoms with Crippen LogP contribution in [-0.2, 0) is 0 Å². The highest BCUT2D eigenvalue weighted by Gasteiger charge is 2.33. The van der Waals surface area contributed by atoms with Crippen LogP contribution in [0.3, 0.4) is 0 Å². The molecular weight excluding hydrogens is 288 g/mol. The van der Waals surface area contributed by atoms with E-state index in [9.17, 15) is 0 Å². The zero-order valence-electron chi connectivity index (χ0n) is 12.2. The van der Waals surface area contributed by atoms with E-state index < -0.39 is 0 Å². The van der Waals surface area contributed by atoms with Gasteiger partial charge in [0.2, 0.25) is 0 Å². The van der Waals surface area contributed by atoms with E-state index in [2.05, 4.69) is 44.1 Å². The predicted octanol–water partition coefficient (Wildman–Crippen LogP) is 5.47. The summed E-state index contributed by atoms with van der Waals surface area (Å²) in [5.74, 6) is 0.451. The molecule has 0 saturated heterocycles. The highest BCUT2D eigenvalue weighted by atomic mass is 35.5. The molecule has 0 aliphatic carbocycles. The molecule has 1 N–H and O–H groups in total. The first-order valence-corrected chi connectivity index (χ1v) is 8.16. The van der Waals surface area contributed by atoms with Gasteiger partial charge in [-0.1, -0.05) is 18.5 Å². The van der Waals surface area contributed by atoms with E-state index in [1.807, 2.05) is 11.6 Å². The van der Waals surface area contributed by atoms with Gasteiger partial charge in [-0.15, -0.1) is 11.3 Å². The van der Waals surface area contributed by atoms with Crippen LogP contribution in [0.4, 0.5) is 5.69 Å². The molecule has 0 fully saturated rings. The number of aromatic nitrogens is 1. The summed E-state index contributed by atoms with van der Waals surface area (Å²) in [6, 6.07) is 2.15. The Bertz CT molecular complexity index is 647. The fraction of sp³-hybridized carbons (Fsp3) is 0.438. The fourth-order valence-electron chi connectivity index (χ4n) is 3.22. The van der Waals surface area contributed by atoms with E-state index >= 15 is 0 Å². The molecule has 1 atom stereocenters. The molecule has 1 aromatic carbocycles. The van der Waals surface area contributed by atoms with Gasteiger partial charge in [-0.3, -0.25) is 0 Å². The van der Waals surface area contributed by atoms with Gasteiger partial charge in [0.15, 0.2) is 0 Å². The van der Waals surface area contributed by atoms with Crippen molar-refractivity contribution in [2.75, 3.05) is 5.32 Å². The quantitative estimate of drug-likeness (QED) is 0.755. The molecule has 0 bridgehead atoms. The molecule has 2 heterocycles. The first-order valence-electron chi connectivity index (χ1n) is 6.90. The van der Waals surface area contributed by atoms with E-state index in [1.165, 1.54) is 16.8 Å². The minimum atomic E-state index is 0.114. The summed E-state index contributed by atoms with van der Waals surface area (Å²) in [7, 11) is 0. The summed E-state index contributed by atoms with van der Waals surface area (Å²) >= 11 is 8.34. The number of rotatable bonds is 1. The lowest BCUT2D eigenvalue weighted by atomic mass is 9.80. The second-order valence-electron chi connectivity index (χ2n) is 6.29. The summed E-state index contributed by atoms with van der Waals surface area (Å²) in [4.78, 5) is 4.40. The second-order valence-corrected chi connectivity index (χ2v) is 7.57. The molecule has 2 nitrogen and oxygen atoms in total. The summed E-state index contributed by atoms with van der Waals surface area (Å²) in [6.07, 6.45) is 2.91. The molecule has 0 spiro atoms. The highest BCUT2D eigenvalue weighted by molar-refractivity contribution is 7.13. The molecule has 3 rings (SSSR count). The molecule has 1 unspecified atom stereocenters. The number of thiazole rings is 1. The van der Waals surface area contributed by atoms with Crippen molar-refractivity contribution in [3.63, 3.8) is 0 Å². The van der Waals surface area contributed by atoms with Gasteiger partial charge >= 0.3 is 0 Å². The molecule has 4 heteroatoms. The lowest BCUT2D eigenvalue weighted by molar-refractivity contribution is 0.454. The first kappa shape index (κ1) is 13.9. The van der Waals surface area contributed by atoms with Crippen molar-refractivity contribution < 1.29 is 0 Å². The number of aryl methyl sites for hydroxylation is 1. The average Bonchev–Trinajstić information content (AvgIpc) is 2.85. The van der Waals surface area contributed by atoms with Crippen LogP contribution in [0.15, 0.2) is 17.6 Å². The fourth-order valence-corrected chi connectivity index (χ4v) is 4.36.